The molecule has 3 heterocycles. The van der Waals surface area contributed by atoms with Crippen molar-refractivity contribution in [2.75, 3.05) is 44.2 Å². The normalized spacial score (nSPS) is 21.9. The predicted octanol–water partition coefficient (Wildman–Crippen LogP) is 3.31. The highest BCUT2D eigenvalue weighted by molar-refractivity contribution is 7.86. The maximum atomic E-state index is 13.9. The first kappa shape index (κ1) is 26.3. The van der Waals surface area contributed by atoms with Gasteiger partial charge in [0, 0.05) is 44.2 Å². The van der Waals surface area contributed by atoms with E-state index in [1.807, 2.05) is 4.90 Å². The standard InChI is InChI=1S/C24H30ClF2N5O4S/c25-18-5-3-6-19(15-18)32-23(33)22(36-20-7-1-2-8-20)21(16-28-32)29-11-13-30(14-12-29)37(34,35)31-10-4-9-24(26,27)17-31/h3,5-6,15-16,20H,1-2,4,7-14,17H2. The molecule has 0 unspecified atom stereocenters. The van der Waals surface area contributed by atoms with E-state index in [0.29, 0.717) is 16.4 Å². The summed E-state index contributed by atoms with van der Waals surface area (Å²) >= 11 is 6.12. The van der Waals surface area contributed by atoms with Gasteiger partial charge in [-0.2, -0.15) is 26.8 Å². The second kappa shape index (κ2) is 10.5. The van der Waals surface area contributed by atoms with Gasteiger partial charge in [0.2, 0.25) is 5.75 Å². The van der Waals surface area contributed by atoms with Crippen LogP contribution in [0.2, 0.25) is 5.02 Å². The zero-order chi connectivity index (χ0) is 26.2. The van der Waals surface area contributed by atoms with Crippen LogP contribution in [-0.2, 0) is 10.2 Å². The molecule has 2 aromatic rings. The molecule has 1 aliphatic carbocycles. The molecule has 9 nitrogen and oxygen atoms in total. The molecule has 0 bridgehead atoms. The number of ether oxygens (including phenoxy) is 1. The molecule has 202 valence electrons. The zero-order valence-electron chi connectivity index (χ0n) is 20.4. The summed E-state index contributed by atoms with van der Waals surface area (Å²) in [6.45, 7) is 0.0403. The molecule has 0 N–H and O–H groups in total. The van der Waals surface area contributed by atoms with Crippen molar-refractivity contribution < 1.29 is 21.9 Å². The van der Waals surface area contributed by atoms with Gasteiger partial charge in [0.15, 0.2) is 0 Å². The molecule has 37 heavy (non-hydrogen) atoms. The quantitative estimate of drug-likeness (QED) is 0.541. The smallest absolute Gasteiger partial charge is 0.316 e. The van der Waals surface area contributed by atoms with E-state index in [1.54, 1.807) is 30.5 Å². The van der Waals surface area contributed by atoms with Gasteiger partial charge in [0.05, 0.1) is 24.5 Å². The first-order valence-corrected chi connectivity index (χ1v) is 14.3. The molecule has 5 rings (SSSR count). The summed E-state index contributed by atoms with van der Waals surface area (Å²) in [4.78, 5) is 15.4. The fraction of sp³-hybridized carbons (Fsp3) is 0.583. The van der Waals surface area contributed by atoms with Crippen LogP contribution in [0.4, 0.5) is 14.5 Å². The third-order valence-electron chi connectivity index (χ3n) is 7.14. The van der Waals surface area contributed by atoms with Gasteiger partial charge in [-0.3, -0.25) is 4.79 Å². The molecule has 2 saturated heterocycles. The number of hydrogen-bond donors (Lipinski definition) is 0. The van der Waals surface area contributed by atoms with E-state index in [4.69, 9.17) is 16.3 Å². The first-order chi connectivity index (χ1) is 17.6. The molecule has 13 heteroatoms. The third-order valence-corrected chi connectivity index (χ3v) is 9.36. The molecule has 0 atom stereocenters. The van der Waals surface area contributed by atoms with Crippen molar-refractivity contribution in [1.29, 1.82) is 0 Å². The van der Waals surface area contributed by atoms with Gasteiger partial charge in [-0.1, -0.05) is 17.7 Å². The Hall–Kier alpha value is -2.28. The van der Waals surface area contributed by atoms with Crippen molar-refractivity contribution in [2.24, 2.45) is 0 Å². The van der Waals surface area contributed by atoms with Crippen LogP contribution in [0.15, 0.2) is 35.3 Å². The lowest BCUT2D eigenvalue weighted by Crippen LogP contribution is -2.56. The van der Waals surface area contributed by atoms with Crippen LogP contribution in [0.3, 0.4) is 0 Å². The number of aromatic nitrogens is 2. The van der Waals surface area contributed by atoms with Crippen molar-refractivity contribution in [1.82, 2.24) is 18.4 Å². The average Bonchev–Trinajstić information content (AvgIpc) is 3.38. The highest BCUT2D eigenvalue weighted by atomic mass is 35.5. The summed E-state index contributed by atoms with van der Waals surface area (Å²) in [6.07, 6.45) is 5.06. The molecule has 0 spiro atoms. The second-order valence-electron chi connectivity index (χ2n) is 9.77. The molecular weight excluding hydrogens is 528 g/mol. The summed E-state index contributed by atoms with van der Waals surface area (Å²) in [7, 11) is -4.01. The Morgan fingerprint density at radius 2 is 1.76 bits per heavy atom. The van der Waals surface area contributed by atoms with Gasteiger partial charge >= 0.3 is 5.56 Å². The minimum absolute atomic E-state index is 0.0795. The van der Waals surface area contributed by atoms with Crippen LogP contribution in [-0.4, -0.2) is 78.1 Å². The second-order valence-corrected chi connectivity index (χ2v) is 12.1. The Balaban J connectivity index is 1.38. The van der Waals surface area contributed by atoms with Gasteiger partial charge in [-0.15, -0.1) is 0 Å². The van der Waals surface area contributed by atoms with Crippen LogP contribution in [0.25, 0.3) is 5.69 Å². The first-order valence-electron chi connectivity index (χ1n) is 12.6. The van der Waals surface area contributed by atoms with E-state index in [9.17, 15) is 22.0 Å². The number of anilines is 1. The van der Waals surface area contributed by atoms with Gasteiger partial charge in [0.1, 0.15) is 5.69 Å². The fourth-order valence-corrected chi connectivity index (χ4v) is 7.03. The number of benzene rings is 1. The van der Waals surface area contributed by atoms with Crippen molar-refractivity contribution in [3.05, 3.63) is 45.8 Å². The van der Waals surface area contributed by atoms with Gasteiger partial charge in [0.25, 0.3) is 16.1 Å². The van der Waals surface area contributed by atoms with Crippen LogP contribution < -0.4 is 15.2 Å². The van der Waals surface area contributed by atoms with Gasteiger partial charge in [-0.25, -0.2) is 8.78 Å². The molecule has 1 saturated carbocycles. The predicted molar refractivity (Wildman–Crippen MR) is 136 cm³/mol. The van der Waals surface area contributed by atoms with Crippen molar-refractivity contribution in [3.8, 4) is 11.4 Å². The van der Waals surface area contributed by atoms with E-state index in [1.165, 1.54) is 8.99 Å². The Labute approximate surface area is 219 Å². The molecule has 1 aromatic carbocycles. The van der Waals surface area contributed by atoms with Crippen molar-refractivity contribution in [3.63, 3.8) is 0 Å². The Bertz CT molecular complexity index is 1290. The molecule has 3 aliphatic rings. The SMILES string of the molecule is O=c1c(OC2CCCC2)c(N2CCN(S(=O)(=O)N3CCCC(F)(F)C3)CC2)cnn1-c1cccc(Cl)c1. The summed E-state index contributed by atoms with van der Waals surface area (Å²) in [5, 5.41) is 4.83. The lowest BCUT2D eigenvalue weighted by Gasteiger charge is -2.39. The van der Waals surface area contributed by atoms with E-state index in [0.717, 1.165) is 30.0 Å². The molecule has 2 aliphatic heterocycles. The highest BCUT2D eigenvalue weighted by Crippen LogP contribution is 2.32. The molecule has 0 amide bonds. The average molecular weight is 558 g/mol. The monoisotopic (exact) mass is 557 g/mol. The Morgan fingerprint density at radius 3 is 2.43 bits per heavy atom. The number of piperazine rings is 1. The third kappa shape index (κ3) is 5.62. The largest absolute Gasteiger partial charge is 0.483 e. The number of rotatable bonds is 6. The van der Waals surface area contributed by atoms with E-state index < -0.39 is 28.2 Å². The number of hydrogen-bond acceptors (Lipinski definition) is 6. The molecule has 1 aromatic heterocycles. The van der Waals surface area contributed by atoms with Gasteiger partial charge in [-0.05, 0) is 50.3 Å². The lowest BCUT2D eigenvalue weighted by atomic mass is 10.1. The maximum absolute atomic E-state index is 13.9. The van der Waals surface area contributed by atoms with Crippen LogP contribution in [0.1, 0.15) is 38.5 Å². The number of nitrogens with zero attached hydrogens (tertiary/aromatic N) is 5. The minimum atomic E-state index is -4.01. The topological polar surface area (TPSA) is 88.0 Å². The minimum Gasteiger partial charge on any atom is -0.483 e. The maximum Gasteiger partial charge on any atom is 0.316 e. The van der Waals surface area contributed by atoms with E-state index in [-0.39, 0.29) is 57.4 Å². The van der Waals surface area contributed by atoms with Crippen LogP contribution >= 0.6 is 11.6 Å². The number of alkyl halides is 2. The zero-order valence-corrected chi connectivity index (χ0v) is 21.9. The van der Waals surface area contributed by atoms with Crippen molar-refractivity contribution in [2.45, 2.75) is 50.6 Å². The van der Waals surface area contributed by atoms with Gasteiger partial charge < -0.3 is 9.64 Å². The molecular formula is C24H30ClF2N5O4S. The molecule has 3 fully saturated rings. The Kier molecular flexibility index (Phi) is 7.45. The number of halogens is 3. The van der Waals surface area contributed by atoms with E-state index in [2.05, 4.69) is 5.10 Å². The Morgan fingerprint density at radius 1 is 1.03 bits per heavy atom. The molecule has 0 radical (unpaired) electrons. The number of piperidine rings is 1. The summed E-state index contributed by atoms with van der Waals surface area (Å²) in [5.74, 6) is -2.84. The lowest BCUT2D eigenvalue weighted by molar-refractivity contribution is -0.0446. The summed E-state index contributed by atoms with van der Waals surface area (Å²) in [6, 6.07) is 6.81. The summed E-state index contributed by atoms with van der Waals surface area (Å²) in [5.41, 5.74) is 0.587. The van der Waals surface area contributed by atoms with E-state index >= 15 is 0 Å². The summed E-state index contributed by atoms with van der Waals surface area (Å²) < 4.78 is 63.4. The van der Waals surface area contributed by atoms with Crippen LogP contribution in [0, 0.1) is 0 Å². The van der Waals surface area contributed by atoms with Crippen molar-refractivity contribution >= 4 is 27.5 Å². The van der Waals surface area contributed by atoms with Crippen LogP contribution in [0.5, 0.6) is 5.75 Å². The fourth-order valence-electron chi connectivity index (χ4n) is 5.18. The highest BCUT2D eigenvalue weighted by Gasteiger charge is 2.42.